The molecular weight excluding hydrogens is 344 g/mol. The number of methoxy groups -OCH3 is 1. The second-order valence-electron chi connectivity index (χ2n) is 6.42. The van der Waals surface area contributed by atoms with Crippen LogP contribution >= 0.6 is 0 Å². The Balaban J connectivity index is 1.91. The van der Waals surface area contributed by atoms with E-state index < -0.39 is 6.03 Å². The molecule has 27 heavy (non-hydrogen) atoms. The molecule has 0 aliphatic rings. The van der Waals surface area contributed by atoms with E-state index in [0.717, 1.165) is 5.69 Å². The molecule has 7 nitrogen and oxygen atoms in total. The van der Waals surface area contributed by atoms with E-state index in [4.69, 9.17) is 4.74 Å². The normalized spacial score (nSPS) is 10.3. The van der Waals surface area contributed by atoms with Crippen LogP contribution in [0.1, 0.15) is 34.1 Å². The highest BCUT2D eigenvalue weighted by atomic mass is 16.5. The Kier molecular flexibility index (Phi) is 6.76. The minimum Gasteiger partial charge on any atom is -0.480 e. The number of hydrogen-bond acceptors (Lipinski definition) is 5. The Hall–Kier alpha value is -3.09. The van der Waals surface area contributed by atoms with E-state index >= 15 is 0 Å². The lowest BCUT2D eigenvalue weighted by Gasteiger charge is -2.13. The van der Waals surface area contributed by atoms with Crippen LogP contribution in [0.15, 0.2) is 24.3 Å². The topological polar surface area (TPSA) is 92.3 Å². The molecule has 2 rings (SSSR count). The third-order valence-electron chi connectivity index (χ3n) is 3.96. The van der Waals surface area contributed by atoms with E-state index in [1.807, 2.05) is 13.8 Å². The number of benzene rings is 1. The Morgan fingerprint density at radius 1 is 1.04 bits per heavy atom. The van der Waals surface area contributed by atoms with Crippen molar-refractivity contribution in [2.75, 3.05) is 30.8 Å². The lowest BCUT2D eigenvalue weighted by atomic mass is 10.1. The highest BCUT2D eigenvalue weighted by molar-refractivity contribution is 5.98. The van der Waals surface area contributed by atoms with Crippen molar-refractivity contribution >= 4 is 23.2 Å². The first-order chi connectivity index (χ1) is 12.8. The number of carbonyl (C=O) groups is 2. The van der Waals surface area contributed by atoms with Gasteiger partial charge in [0, 0.05) is 24.3 Å². The predicted octanol–water partition coefficient (Wildman–Crippen LogP) is 3.45. The van der Waals surface area contributed by atoms with Gasteiger partial charge < -0.3 is 20.7 Å². The SMILES string of the molecule is COc1nc(C)c(C(C)=O)cc1NC(=O)NCCNc1cc(C)cc(C)c1. The molecule has 1 heterocycles. The van der Waals surface area contributed by atoms with Crippen molar-refractivity contribution in [3.63, 3.8) is 0 Å². The van der Waals surface area contributed by atoms with Crippen molar-refractivity contribution in [1.82, 2.24) is 10.3 Å². The number of aromatic nitrogens is 1. The second kappa shape index (κ2) is 9.02. The fourth-order valence-electron chi connectivity index (χ4n) is 2.81. The average Bonchev–Trinajstić information content (AvgIpc) is 2.58. The molecule has 0 atom stereocenters. The molecule has 1 aromatic heterocycles. The number of pyridine rings is 1. The summed E-state index contributed by atoms with van der Waals surface area (Å²) in [6.07, 6.45) is 0. The van der Waals surface area contributed by atoms with Gasteiger partial charge >= 0.3 is 6.03 Å². The van der Waals surface area contributed by atoms with Crippen LogP contribution in [-0.4, -0.2) is 37.0 Å². The standard InChI is InChI=1S/C20H26N4O3/c1-12-8-13(2)10-16(9-12)21-6-7-22-20(26)24-18-11-17(15(4)25)14(3)23-19(18)27-5/h8-11,21H,6-7H2,1-5H3,(H2,22,24,26). The summed E-state index contributed by atoms with van der Waals surface area (Å²) < 4.78 is 5.19. The van der Waals surface area contributed by atoms with Gasteiger partial charge in [0.25, 0.3) is 0 Å². The predicted molar refractivity (Wildman–Crippen MR) is 107 cm³/mol. The number of Topliss-reactive ketones (excluding diaryl/α,β-unsaturated/α-hetero) is 1. The van der Waals surface area contributed by atoms with Crippen LogP contribution in [0.3, 0.4) is 0 Å². The molecule has 0 unspecified atom stereocenters. The fraction of sp³-hybridized carbons (Fsp3) is 0.350. The maximum Gasteiger partial charge on any atom is 0.319 e. The van der Waals surface area contributed by atoms with E-state index in [0.29, 0.717) is 30.0 Å². The number of anilines is 2. The Morgan fingerprint density at radius 2 is 1.70 bits per heavy atom. The molecule has 144 valence electrons. The number of hydrogen-bond donors (Lipinski definition) is 3. The van der Waals surface area contributed by atoms with Gasteiger partial charge in [0.1, 0.15) is 5.69 Å². The van der Waals surface area contributed by atoms with E-state index in [9.17, 15) is 9.59 Å². The van der Waals surface area contributed by atoms with E-state index in [-0.39, 0.29) is 11.7 Å². The number of nitrogens with one attached hydrogen (secondary N) is 3. The lowest BCUT2D eigenvalue weighted by molar-refractivity contribution is 0.101. The number of urea groups is 1. The quantitative estimate of drug-likeness (QED) is 0.513. The largest absolute Gasteiger partial charge is 0.480 e. The van der Waals surface area contributed by atoms with E-state index in [1.165, 1.54) is 25.2 Å². The van der Waals surface area contributed by atoms with Gasteiger partial charge in [0.15, 0.2) is 5.78 Å². The maximum atomic E-state index is 12.1. The molecule has 2 amide bonds. The van der Waals surface area contributed by atoms with Gasteiger partial charge in [0.05, 0.1) is 12.8 Å². The Morgan fingerprint density at radius 3 is 2.30 bits per heavy atom. The number of aryl methyl sites for hydroxylation is 3. The van der Waals surface area contributed by atoms with Crippen LogP contribution in [0.2, 0.25) is 0 Å². The molecule has 0 radical (unpaired) electrons. The lowest BCUT2D eigenvalue weighted by Crippen LogP contribution is -2.33. The zero-order valence-electron chi connectivity index (χ0n) is 16.4. The summed E-state index contributed by atoms with van der Waals surface area (Å²) in [7, 11) is 1.46. The third-order valence-corrected chi connectivity index (χ3v) is 3.96. The molecule has 0 saturated heterocycles. The average molecular weight is 370 g/mol. The smallest absolute Gasteiger partial charge is 0.319 e. The van der Waals surface area contributed by atoms with E-state index in [2.05, 4.69) is 39.1 Å². The van der Waals surface area contributed by atoms with Crippen molar-refractivity contribution in [3.8, 4) is 5.88 Å². The highest BCUT2D eigenvalue weighted by Crippen LogP contribution is 2.25. The summed E-state index contributed by atoms with van der Waals surface area (Å²) in [4.78, 5) is 28.0. The Labute approximate surface area is 159 Å². The van der Waals surface area contributed by atoms with Gasteiger partial charge in [-0.25, -0.2) is 9.78 Å². The molecule has 7 heteroatoms. The van der Waals surface area contributed by atoms with Gasteiger partial charge in [-0.05, 0) is 57.0 Å². The first kappa shape index (κ1) is 20.2. The summed E-state index contributed by atoms with van der Waals surface area (Å²) in [5.74, 6) is 0.143. The van der Waals surface area contributed by atoms with Crippen LogP contribution in [0.4, 0.5) is 16.2 Å². The number of carbonyl (C=O) groups excluding carboxylic acids is 2. The zero-order valence-corrected chi connectivity index (χ0v) is 16.4. The first-order valence-corrected chi connectivity index (χ1v) is 8.73. The summed E-state index contributed by atoms with van der Waals surface area (Å²) in [5.41, 5.74) is 4.75. The fourth-order valence-corrected chi connectivity index (χ4v) is 2.81. The maximum absolute atomic E-state index is 12.1. The van der Waals surface area contributed by atoms with Crippen LogP contribution in [0.5, 0.6) is 5.88 Å². The number of ether oxygens (including phenoxy) is 1. The highest BCUT2D eigenvalue weighted by Gasteiger charge is 2.14. The number of nitrogens with zero attached hydrogens (tertiary/aromatic N) is 1. The minimum atomic E-state index is -0.393. The van der Waals surface area contributed by atoms with Crippen LogP contribution in [0, 0.1) is 20.8 Å². The molecule has 0 fully saturated rings. The van der Waals surface area contributed by atoms with Crippen molar-refractivity contribution in [3.05, 3.63) is 46.6 Å². The van der Waals surface area contributed by atoms with E-state index in [1.54, 1.807) is 13.0 Å². The summed E-state index contributed by atoms with van der Waals surface area (Å²) in [6, 6.07) is 7.40. The Bertz CT molecular complexity index is 829. The molecule has 2 aromatic rings. The number of rotatable bonds is 7. The third kappa shape index (κ3) is 5.70. The molecule has 0 aliphatic carbocycles. The van der Waals surface area contributed by atoms with Crippen molar-refractivity contribution in [1.29, 1.82) is 0 Å². The molecule has 0 aliphatic heterocycles. The van der Waals surface area contributed by atoms with Gasteiger partial charge in [-0.1, -0.05) is 6.07 Å². The minimum absolute atomic E-state index is 0.122. The van der Waals surface area contributed by atoms with Gasteiger partial charge in [-0.3, -0.25) is 4.79 Å². The number of amides is 2. The van der Waals surface area contributed by atoms with Crippen LogP contribution in [0.25, 0.3) is 0 Å². The van der Waals surface area contributed by atoms with Crippen molar-refractivity contribution < 1.29 is 14.3 Å². The summed E-state index contributed by atoms with van der Waals surface area (Å²) in [5, 5.41) is 8.72. The van der Waals surface area contributed by atoms with Crippen molar-refractivity contribution in [2.24, 2.45) is 0 Å². The molecule has 0 saturated carbocycles. The number of ketones is 1. The van der Waals surface area contributed by atoms with Gasteiger partial charge in [0.2, 0.25) is 5.88 Å². The first-order valence-electron chi connectivity index (χ1n) is 8.73. The zero-order chi connectivity index (χ0) is 20.0. The molecule has 0 spiro atoms. The van der Waals surface area contributed by atoms with Crippen LogP contribution in [-0.2, 0) is 0 Å². The molecular formula is C20H26N4O3. The molecule has 0 bridgehead atoms. The van der Waals surface area contributed by atoms with Crippen molar-refractivity contribution in [2.45, 2.75) is 27.7 Å². The monoisotopic (exact) mass is 370 g/mol. The van der Waals surface area contributed by atoms with Gasteiger partial charge in [-0.2, -0.15) is 0 Å². The molecule has 3 N–H and O–H groups in total. The summed E-state index contributed by atoms with van der Waals surface area (Å²) in [6.45, 7) is 8.28. The summed E-state index contributed by atoms with van der Waals surface area (Å²) >= 11 is 0. The molecule has 1 aromatic carbocycles. The van der Waals surface area contributed by atoms with Gasteiger partial charge in [-0.15, -0.1) is 0 Å². The van der Waals surface area contributed by atoms with Crippen LogP contribution < -0.4 is 20.7 Å². The second-order valence-corrected chi connectivity index (χ2v) is 6.42.